The van der Waals surface area contributed by atoms with Crippen LogP contribution in [-0.2, 0) is 0 Å². The van der Waals surface area contributed by atoms with Gasteiger partial charge >= 0.3 is 0 Å². The van der Waals surface area contributed by atoms with E-state index >= 15 is 0 Å². The second-order valence-electron chi connectivity index (χ2n) is 5.12. The predicted octanol–water partition coefficient (Wildman–Crippen LogP) is 5.74. The monoisotopic (exact) mass is 317 g/mol. The first-order chi connectivity index (χ1) is 10.1. The summed E-state index contributed by atoms with van der Waals surface area (Å²) < 4.78 is 1.31. The minimum Gasteiger partial charge on any atom is -0.506 e. The Labute approximate surface area is 133 Å². The van der Waals surface area contributed by atoms with Gasteiger partial charge in [-0.3, -0.25) is 0 Å². The molecule has 0 saturated carbocycles. The molecule has 3 aromatic rings. The summed E-state index contributed by atoms with van der Waals surface area (Å²) >= 11 is 7.77. The van der Waals surface area contributed by atoms with Crippen molar-refractivity contribution in [2.75, 3.05) is 5.32 Å². The van der Waals surface area contributed by atoms with Gasteiger partial charge in [0.1, 0.15) is 5.75 Å². The Morgan fingerprint density at radius 1 is 1.19 bits per heavy atom. The number of fused-ring (bicyclic) bond motifs is 1. The molecule has 0 aliphatic rings. The van der Waals surface area contributed by atoms with E-state index in [4.69, 9.17) is 11.6 Å². The summed E-state index contributed by atoms with van der Waals surface area (Å²) in [6.07, 6.45) is 0. The third-order valence-electron chi connectivity index (χ3n) is 3.60. The summed E-state index contributed by atoms with van der Waals surface area (Å²) in [6, 6.07) is 13.8. The van der Waals surface area contributed by atoms with Gasteiger partial charge in [-0.05, 0) is 49.1 Å². The van der Waals surface area contributed by atoms with Crippen molar-refractivity contribution in [2.24, 2.45) is 0 Å². The molecule has 2 aromatic carbocycles. The second-order valence-corrected chi connectivity index (χ2v) is 6.61. The fourth-order valence-electron chi connectivity index (χ4n) is 2.52. The van der Waals surface area contributed by atoms with E-state index in [0.29, 0.717) is 5.02 Å². The standard InChI is InChI=1S/C17H16ClNOS/c1-10-13-5-3-4-6-16(13)21-17(10)11(2)19-12-7-8-15(20)14(18)9-12/h3-9,11,19-20H,1-2H3. The lowest BCUT2D eigenvalue weighted by Crippen LogP contribution is -2.05. The van der Waals surface area contributed by atoms with Crippen molar-refractivity contribution in [2.45, 2.75) is 19.9 Å². The van der Waals surface area contributed by atoms with Gasteiger partial charge in [0, 0.05) is 15.3 Å². The first-order valence-corrected chi connectivity index (χ1v) is 7.99. The molecule has 108 valence electrons. The van der Waals surface area contributed by atoms with Crippen molar-refractivity contribution in [1.29, 1.82) is 0 Å². The Morgan fingerprint density at radius 3 is 2.67 bits per heavy atom. The molecule has 0 radical (unpaired) electrons. The molecule has 1 aromatic heterocycles. The summed E-state index contributed by atoms with van der Waals surface area (Å²) in [5, 5.41) is 14.6. The molecule has 0 fully saturated rings. The maximum atomic E-state index is 9.48. The predicted molar refractivity (Wildman–Crippen MR) is 91.7 cm³/mol. The molecule has 4 heteroatoms. The van der Waals surface area contributed by atoms with Gasteiger partial charge < -0.3 is 10.4 Å². The minimum atomic E-state index is 0.105. The highest BCUT2D eigenvalue weighted by atomic mass is 35.5. The van der Waals surface area contributed by atoms with E-state index in [1.807, 2.05) is 17.4 Å². The number of phenolic OH excluding ortho intramolecular Hbond substituents is 1. The minimum absolute atomic E-state index is 0.105. The fourth-order valence-corrected chi connectivity index (χ4v) is 3.91. The van der Waals surface area contributed by atoms with Gasteiger partial charge in [-0.2, -0.15) is 0 Å². The molecule has 0 bridgehead atoms. The van der Waals surface area contributed by atoms with Gasteiger partial charge in [0.15, 0.2) is 0 Å². The molecule has 2 N–H and O–H groups in total. The van der Waals surface area contributed by atoms with E-state index in [-0.39, 0.29) is 11.8 Å². The molecular weight excluding hydrogens is 302 g/mol. The topological polar surface area (TPSA) is 32.3 Å². The summed E-state index contributed by atoms with van der Waals surface area (Å²) in [5.74, 6) is 0.105. The Bertz CT molecular complexity index is 797. The Kier molecular flexibility index (Phi) is 3.79. The van der Waals surface area contributed by atoms with E-state index in [2.05, 4.69) is 43.4 Å². The van der Waals surface area contributed by atoms with E-state index in [1.54, 1.807) is 12.1 Å². The van der Waals surface area contributed by atoms with E-state index in [9.17, 15) is 5.11 Å². The lowest BCUT2D eigenvalue weighted by atomic mass is 10.1. The number of hydrogen-bond acceptors (Lipinski definition) is 3. The number of aryl methyl sites for hydroxylation is 1. The van der Waals surface area contributed by atoms with Gasteiger partial charge in [-0.1, -0.05) is 29.8 Å². The molecule has 0 saturated heterocycles. The number of benzene rings is 2. The molecule has 21 heavy (non-hydrogen) atoms. The third-order valence-corrected chi connectivity index (χ3v) is 5.36. The third kappa shape index (κ3) is 2.71. The molecule has 1 atom stereocenters. The summed E-state index contributed by atoms with van der Waals surface area (Å²) in [7, 11) is 0. The SMILES string of the molecule is Cc1c(C(C)Nc2ccc(O)c(Cl)c2)sc2ccccc12. The van der Waals surface area contributed by atoms with E-state index in [0.717, 1.165) is 5.69 Å². The number of aromatic hydroxyl groups is 1. The van der Waals surface area contributed by atoms with Crippen LogP contribution in [0.15, 0.2) is 42.5 Å². The summed E-state index contributed by atoms with van der Waals surface area (Å²) in [6.45, 7) is 4.30. The Hall–Kier alpha value is -1.71. The van der Waals surface area contributed by atoms with Crippen molar-refractivity contribution in [3.05, 3.63) is 57.9 Å². The van der Waals surface area contributed by atoms with E-state index in [1.165, 1.54) is 20.5 Å². The Morgan fingerprint density at radius 2 is 1.95 bits per heavy atom. The molecule has 2 nitrogen and oxygen atoms in total. The maximum Gasteiger partial charge on any atom is 0.134 e. The van der Waals surface area contributed by atoms with Gasteiger partial charge in [-0.15, -0.1) is 11.3 Å². The first-order valence-electron chi connectivity index (χ1n) is 6.79. The van der Waals surface area contributed by atoms with Gasteiger partial charge in [-0.25, -0.2) is 0 Å². The number of hydrogen-bond donors (Lipinski definition) is 2. The highest BCUT2D eigenvalue weighted by Gasteiger charge is 2.14. The number of anilines is 1. The van der Waals surface area contributed by atoms with Crippen LogP contribution in [0.3, 0.4) is 0 Å². The molecule has 0 aliphatic heterocycles. The smallest absolute Gasteiger partial charge is 0.134 e. The van der Waals surface area contributed by atoms with Crippen molar-refractivity contribution < 1.29 is 5.11 Å². The Balaban J connectivity index is 1.91. The molecule has 1 unspecified atom stereocenters. The van der Waals surface area contributed by atoms with Crippen molar-refractivity contribution >= 4 is 38.7 Å². The average Bonchev–Trinajstić information content (AvgIpc) is 2.81. The second kappa shape index (κ2) is 5.58. The lowest BCUT2D eigenvalue weighted by Gasteiger charge is -2.15. The highest BCUT2D eigenvalue weighted by molar-refractivity contribution is 7.19. The van der Waals surface area contributed by atoms with Crippen molar-refractivity contribution in [1.82, 2.24) is 0 Å². The fraction of sp³-hybridized carbons (Fsp3) is 0.176. The normalized spacial score (nSPS) is 12.5. The number of thiophene rings is 1. The van der Waals surface area contributed by atoms with Crippen LogP contribution in [0, 0.1) is 6.92 Å². The van der Waals surface area contributed by atoms with Crippen LogP contribution < -0.4 is 5.32 Å². The first kappa shape index (κ1) is 14.2. The number of nitrogens with one attached hydrogen (secondary N) is 1. The van der Waals surface area contributed by atoms with Crippen LogP contribution >= 0.6 is 22.9 Å². The van der Waals surface area contributed by atoms with Crippen LogP contribution in [0.25, 0.3) is 10.1 Å². The molecule has 3 rings (SSSR count). The van der Waals surface area contributed by atoms with Gasteiger partial charge in [0.2, 0.25) is 0 Å². The van der Waals surface area contributed by atoms with Gasteiger partial charge in [0.25, 0.3) is 0 Å². The zero-order valence-electron chi connectivity index (χ0n) is 11.9. The van der Waals surface area contributed by atoms with Crippen molar-refractivity contribution in [3.8, 4) is 5.75 Å². The van der Waals surface area contributed by atoms with Gasteiger partial charge in [0.05, 0.1) is 11.1 Å². The van der Waals surface area contributed by atoms with Crippen LogP contribution in [0.5, 0.6) is 5.75 Å². The maximum absolute atomic E-state index is 9.48. The molecular formula is C17H16ClNOS. The average molecular weight is 318 g/mol. The quantitative estimate of drug-likeness (QED) is 0.603. The van der Waals surface area contributed by atoms with Crippen molar-refractivity contribution in [3.63, 3.8) is 0 Å². The van der Waals surface area contributed by atoms with Crippen LogP contribution in [0.2, 0.25) is 5.02 Å². The zero-order chi connectivity index (χ0) is 15.0. The van der Waals surface area contributed by atoms with Crippen LogP contribution in [0.1, 0.15) is 23.4 Å². The van der Waals surface area contributed by atoms with Crippen LogP contribution in [0.4, 0.5) is 5.69 Å². The van der Waals surface area contributed by atoms with E-state index < -0.39 is 0 Å². The largest absolute Gasteiger partial charge is 0.506 e. The number of rotatable bonds is 3. The molecule has 0 spiro atoms. The zero-order valence-corrected chi connectivity index (χ0v) is 13.4. The van der Waals surface area contributed by atoms with Crippen LogP contribution in [-0.4, -0.2) is 5.11 Å². The number of halogens is 1. The number of phenols is 1. The summed E-state index contributed by atoms with van der Waals surface area (Å²) in [4.78, 5) is 1.32. The molecule has 0 aliphatic carbocycles. The lowest BCUT2D eigenvalue weighted by molar-refractivity contribution is 0.475. The summed E-state index contributed by atoms with van der Waals surface area (Å²) in [5.41, 5.74) is 2.22. The molecule has 0 amide bonds. The molecule has 1 heterocycles. The highest BCUT2D eigenvalue weighted by Crippen LogP contribution is 2.36.